The van der Waals surface area contributed by atoms with E-state index < -0.39 is 0 Å². The standard InChI is InChI=1S/C16H27N3/c1-3-16(4-2)8-11-19(12-9-16)15-6-5-14(7-10-17)13-18-15/h5-6,13H,3-4,7-12,17H2,1-2H3. The van der Waals surface area contributed by atoms with Crippen molar-refractivity contribution in [2.75, 3.05) is 24.5 Å². The van der Waals surface area contributed by atoms with Gasteiger partial charge in [-0.3, -0.25) is 0 Å². The molecular formula is C16H27N3. The average Bonchev–Trinajstić information content (AvgIpc) is 2.49. The monoisotopic (exact) mass is 261 g/mol. The second-order valence-corrected chi connectivity index (χ2v) is 5.76. The highest BCUT2D eigenvalue weighted by Crippen LogP contribution is 2.38. The van der Waals surface area contributed by atoms with Crippen LogP contribution in [0.3, 0.4) is 0 Å². The number of nitrogens with two attached hydrogens (primary N) is 1. The first-order chi connectivity index (χ1) is 9.23. The Labute approximate surface area is 117 Å². The Bertz CT molecular complexity index is 371. The maximum Gasteiger partial charge on any atom is 0.128 e. The van der Waals surface area contributed by atoms with E-state index in [0.29, 0.717) is 12.0 Å². The molecule has 0 amide bonds. The zero-order valence-electron chi connectivity index (χ0n) is 12.4. The van der Waals surface area contributed by atoms with Gasteiger partial charge in [0, 0.05) is 19.3 Å². The van der Waals surface area contributed by atoms with Gasteiger partial charge in [-0.25, -0.2) is 4.98 Å². The predicted octanol–water partition coefficient (Wildman–Crippen LogP) is 2.99. The number of pyridine rings is 1. The molecule has 106 valence electrons. The van der Waals surface area contributed by atoms with Crippen molar-refractivity contribution in [2.45, 2.75) is 46.0 Å². The SMILES string of the molecule is CCC1(CC)CCN(c2ccc(CCN)cn2)CC1. The summed E-state index contributed by atoms with van der Waals surface area (Å²) in [6.07, 6.45) is 8.10. The Morgan fingerprint density at radius 1 is 1.21 bits per heavy atom. The summed E-state index contributed by atoms with van der Waals surface area (Å²) in [4.78, 5) is 7.02. The van der Waals surface area contributed by atoms with Crippen molar-refractivity contribution >= 4 is 5.82 Å². The zero-order chi connectivity index (χ0) is 13.7. The summed E-state index contributed by atoms with van der Waals surface area (Å²) in [5, 5.41) is 0. The third-order valence-electron chi connectivity index (χ3n) is 4.89. The number of hydrogen-bond donors (Lipinski definition) is 1. The van der Waals surface area contributed by atoms with Crippen molar-refractivity contribution in [3.8, 4) is 0 Å². The molecule has 0 aliphatic carbocycles. The maximum absolute atomic E-state index is 5.56. The van der Waals surface area contributed by atoms with E-state index >= 15 is 0 Å². The predicted molar refractivity (Wildman–Crippen MR) is 81.5 cm³/mol. The lowest BCUT2D eigenvalue weighted by molar-refractivity contribution is 0.199. The van der Waals surface area contributed by atoms with Gasteiger partial charge in [-0.2, -0.15) is 0 Å². The summed E-state index contributed by atoms with van der Waals surface area (Å²) in [5.74, 6) is 1.13. The molecule has 0 bridgehead atoms. The van der Waals surface area contributed by atoms with Crippen molar-refractivity contribution in [1.29, 1.82) is 0 Å². The smallest absolute Gasteiger partial charge is 0.128 e. The van der Waals surface area contributed by atoms with Crippen LogP contribution in [0.1, 0.15) is 45.1 Å². The van der Waals surface area contributed by atoms with Gasteiger partial charge < -0.3 is 10.6 Å². The number of piperidine rings is 1. The minimum atomic E-state index is 0.579. The lowest BCUT2D eigenvalue weighted by atomic mass is 9.74. The average molecular weight is 261 g/mol. The molecule has 0 unspecified atom stereocenters. The van der Waals surface area contributed by atoms with Gasteiger partial charge in [0.2, 0.25) is 0 Å². The van der Waals surface area contributed by atoms with Crippen LogP contribution in [0.2, 0.25) is 0 Å². The molecule has 1 saturated heterocycles. The summed E-state index contributed by atoms with van der Waals surface area (Å²) in [5.41, 5.74) is 7.38. The minimum Gasteiger partial charge on any atom is -0.357 e. The Morgan fingerprint density at radius 3 is 2.37 bits per heavy atom. The van der Waals surface area contributed by atoms with Crippen LogP contribution in [0.4, 0.5) is 5.82 Å². The molecule has 3 nitrogen and oxygen atoms in total. The Kier molecular flexibility index (Phi) is 4.81. The molecule has 1 aromatic heterocycles. The van der Waals surface area contributed by atoms with Crippen molar-refractivity contribution in [3.63, 3.8) is 0 Å². The van der Waals surface area contributed by atoms with Gasteiger partial charge in [-0.15, -0.1) is 0 Å². The molecule has 2 rings (SSSR count). The van der Waals surface area contributed by atoms with Crippen molar-refractivity contribution in [2.24, 2.45) is 11.1 Å². The number of aromatic nitrogens is 1. The van der Waals surface area contributed by atoms with Crippen LogP contribution in [0.15, 0.2) is 18.3 Å². The molecule has 1 aliphatic heterocycles. The van der Waals surface area contributed by atoms with Gasteiger partial charge in [0.25, 0.3) is 0 Å². The van der Waals surface area contributed by atoms with E-state index in [4.69, 9.17) is 5.73 Å². The van der Waals surface area contributed by atoms with Crippen LogP contribution in [0.25, 0.3) is 0 Å². The molecule has 3 heteroatoms. The molecule has 2 heterocycles. The number of anilines is 1. The molecule has 19 heavy (non-hydrogen) atoms. The Morgan fingerprint density at radius 2 is 1.89 bits per heavy atom. The van der Waals surface area contributed by atoms with Crippen LogP contribution in [0.5, 0.6) is 0 Å². The van der Waals surface area contributed by atoms with E-state index in [1.165, 1.54) is 31.2 Å². The van der Waals surface area contributed by atoms with E-state index in [0.717, 1.165) is 25.3 Å². The summed E-state index contributed by atoms with van der Waals surface area (Å²) in [6.45, 7) is 7.65. The third kappa shape index (κ3) is 3.27. The molecule has 1 fully saturated rings. The molecular weight excluding hydrogens is 234 g/mol. The van der Waals surface area contributed by atoms with Gasteiger partial charge in [-0.05, 0) is 42.9 Å². The third-order valence-corrected chi connectivity index (χ3v) is 4.89. The maximum atomic E-state index is 5.56. The van der Waals surface area contributed by atoms with Gasteiger partial charge in [0.15, 0.2) is 0 Å². The van der Waals surface area contributed by atoms with Crippen LogP contribution in [0, 0.1) is 5.41 Å². The molecule has 0 saturated carbocycles. The van der Waals surface area contributed by atoms with Crippen LogP contribution in [-0.2, 0) is 6.42 Å². The molecule has 0 aromatic carbocycles. The summed E-state index contributed by atoms with van der Waals surface area (Å²) >= 11 is 0. The lowest BCUT2D eigenvalue weighted by Gasteiger charge is -2.41. The number of nitrogens with zero attached hydrogens (tertiary/aromatic N) is 2. The first kappa shape index (κ1) is 14.3. The van der Waals surface area contributed by atoms with E-state index in [1.807, 2.05) is 6.20 Å². The highest BCUT2D eigenvalue weighted by Gasteiger charge is 2.31. The first-order valence-electron chi connectivity index (χ1n) is 7.63. The Hall–Kier alpha value is -1.09. The van der Waals surface area contributed by atoms with Gasteiger partial charge >= 0.3 is 0 Å². The fourth-order valence-electron chi connectivity index (χ4n) is 3.09. The molecule has 2 N–H and O–H groups in total. The number of hydrogen-bond acceptors (Lipinski definition) is 3. The second kappa shape index (κ2) is 6.38. The summed E-state index contributed by atoms with van der Waals surface area (Å²) in [6, 6.07) is 4.31. The topological polar surface area (TPSA) is 42.1 Å². The first-order valence-corrected chi connectivity index (χ1v) is 7.63. The summed E-state index contributed by atoms with van der Waals surface area (Å²) in [7, 11) is 0. The molecule has 0 spiro atoms. The fourth-order valence-corrected chi connectivity index (χ4v) is 3.09. The van der Waals surface area contributed by atoms with Crippen molar-refractivity contribution in [3.05, 3.63) is 23.9 Å². The second-order valence-electron chi connectivity index (χ2n) is 5.76. The minimum absolute atomic E-state index is 0.579. The van der Waals surface area contributed by atoms with Crippen molar-refractivity contribution in [1.82, 2.24) is 4.98 Å². The molecule has 1 aromatic rings. The van der Waals surface area contributed by atoms with E-state index in [9.17, 15) is 0 Å². The lowest BCUT2D eigenvalue weighted by Crippen LogP contribution is -2.40. The molecule has 0 atom stereocenters. The molecule has 0 radical (unpaired) electrons. The highest BCUT2D eigenvalue weighted by atomic mass is 15.2. The van der Waals surface area contributed by atoms with Crippen LogP contribution < -0.4 is 10.6 Å². The van der Waals surface area contributed by atoms with Gasteiger partial charge in [0.1, 0.15) is 5.82 Å². The largest absolute Gasteiger partial charge is 0.357 e. The van der Waals surface area contributed by atoms with Crippen LogP contribution in [-0.4, -0.2) is 24.6 Å². The normalized spacial score (nSPS) is 18.6. The highest BCUT2D eigenvalue weighted by molar-refractivity contribution is 5.40. The van der Waals surface area contributed by atoms with Gasteiger partial charge in [0.05, 0.1) is 0 Å². The van der Waals surface area contributed by atoms with Crippen molar-refractivity contribution < 1.29 is 0 Å². The number of rotatable bonds is 5. The van der Waals surface area contributed by atoms with E-state index in [2.05, 4.69) is 35.9 Å². The quantitative estimate of drug-likeness (QED) is 0.886. The van der Waals surface area contributed by atoms with E-state index in [-0.39, 0.29) is 0 Å². The molecule has 1 aliphatic rings. The fraction of sp³-hybridized carbons (Fsp3) is 0.688. The van der Waals surface area contributed by atoms with Crippen LogP contribution >= 0.6 is 0 Å². The van der Waals surface area contributed by atoms with E-state index in [1.54, 1.807) is 0 Å². The van der Waals surface area contributed by atoms with Gasteiger partial charge in [-0.1, -0.05) is 32.8 Å². The Balaban J connectivity index is 1.97. The zero-order valence-corrected chi connectivity index (χ0v) is 12.4. The summed E-state index contributed by atoms with van der Waals surface area (Å²) < 4.78 is 0.